The Kier molecular flexibility index (Phi) is 1.88. The van der Waals surface area contributed by atoms with Crippen LogP contribution in [0, 0.1) is 11.3 Å². The SMILES string of the molecule is CC1(C)C[C@@H]1C(=O)N[C@@H]1CC[C@H]1O. The van der Waals surface area contributed by atoms with Gasteiger partial charge in [0.2, 0.25) is 5.91 Å². The van der Waals surface area contributed by atoms with Crippen LogP contribution in [0.15, 0.2) is 0 Å². The van der Waals surface area contributed by atoms with Crippen molar-refractivity contribution in [3.63, 3.8) is 0 Å². The van der Waals surface area contributed by atoms with E-state index >= 15 is 0 Å². The normalized spacial score (nSPS) is 40.7. The summed E-state index contributed by atoms with van der Waals surface area (Å²) < 4.78 is 0. The first-order chi connectivity index (χ1) is 6.00. The van der Waals surface area contributed by atoms with Gasteiger partial charge in [-0.3, -0.25) is 4.79 Å². The van der Waals surface area contributed by atoms with Crippen LogP contribution in [0.3, 0.4) is 0 Å². The lowest BCUT2D eigenvalue weighted by Gasteiger charge is -2.33. The van der Waals surface area contributed by atoms with E-state index in [0.717, 1.165) is 19.3 Å². The van der Waals surface area contributed by atoms with Crippen LogP contribution in [-0.2, 0) is 4.79 Å². The average Bonchev–Trinajstić information content (AvgIpc) is 2.68. The highest BCUT2D eigenvalue weighted by atomic mass is 16.3. The second-order valence-electron chi connectivity index (χ2n) is 5.01. The minimum absolute atomic E-state index is 0.0314. The van der Waals surface area contributed by atoms with Gasteiger partial charge >= 0.3 is 0 Å². The van der Waals surface area contributed by atoms with E-state index in [1.807, 2.05) is 0 Å². The summed E-state index contributed by atoms with van der Waals surface area (Å²) in [6, 6.07) is 0.0314. The summed E-state index contributed by atoms with van der Waals surface area (Å²) in [5.74, 6) is 0.314. The van der Waals surface area contributed by atoms with Gasteiger partial charge in [-0.2, -0.15) is 0 Å². The highest BCUT2D eigenvalue weighted by molar-refractivity contribution is 5.82. The fourth-order valence-electron chi connectivity index (χ4n) is 1.85. The van der Waals surface area contributed by atoms with E-state index in [4.69, 9.17) is 0 Å². The predicted octanol–water partition coefficient (Wildman–Crippen LogP) is 0.672. The molecule has 2 rings (SSSR count). The van der Waals surface area contributed by atoms with Crippen LogP contribution in [0.1, 0.15) is 33.1 Å². The third-order valence-corrected chi connectivity index (χ3v) is 3.40. The number of aliphatic hydroxyl groups excluding tert-OH is 1. The van der Waals surface area contributed by atoms with Crippen molar-refractivity contribution >= 4 is 5.91 Å². The summed E-state index contributed by atoms with van der Waals surface area (Å²) >= 11 is 0. The number of rotatable bonds is 2. The molecule has 1 amide bonds. The zero-order valence-corrected chi connectivity index (χ0v) is 8.21. The van der Waals surface area contributed by atoms with E-state index < -0.39 is 0 Å². The van der Waals surface area contributed by atoms with Crippen LogP contribution in [0.5, 0.6) is 0 Å². The van der Waals surface area contributed by atoms with Gasteiger partial charge < -0.3 is 10.4 Å². The van der Waals surface area contributed by atoms with Gasteiger partial charge in [0.05, 0.1) is 12.1 Å². The molecule has 3 heteroatoms. The van der Waals surface area contributed by atoms with Crippen molar-refractivity contribution in [1.29, 1.82) is 0 Å². The molecule has 3 nitrogen and oxygen atoms in total. The Morgan fingerprint density at radius 2 is 2.08 bits per heavy atom. The van der Waals surface area contributed by atoms with Gasteiger partial charge in [0, 0.05) is 5.92 Å². The van der Waals surface area contributed by atoms with Crippen LogP contribution in [0.25, 0.3) is 0 Å². The lowest BCUT2D eigenvalue weighted by molar-refractivity contribution is -0.125. The van der Waals surface area contributed by atoms with Crippen molar-refractivity contribution in [2.75, 3.05) is 0 Å². The summed E-state index contributed by atoms with van der Waals surface area (Å²) in [6.45, 7) is 4.21. The minimum atomic E-state index is -0.300. The molecule has 0 aromatic carbocycles. The van der Waals surface area contributed by atoms with Crippen molar-refractivity contribution in [1.82, 2.24) is 5.32 Å². The Bertz CT molecular complexity index is 237. The van der Waals surface area contributed by atoms with Crippen molar-refractivity contribution < 1.29 is 9.90 Å². The Labute approximate surface area is 78.5 Å². The maximum absolute atomic E-state index is 11.5. The lowest BCUT2D eigenvalue weighted by Crippen LogP contribution is -2.50. The number of nitrogens with one attached hydrogen (secondary N) is 1. The van der Waals surface area contributed by atoms with Crippen molar-refractivity contribution in [3.8, 4) is 0 Å². The Hall–Kier alpha value is -0.570. The van der Waals surface area contributed by atoms with E-state index in [1.165, 1.54) is 0 Å². The van der Waals surface area contributed by atoms with Gasteiger partial charge in [-0.15, -0.1) is 0 Å². The second kappa shape index (κ2) is 2.71. The standard InChI is InChI=1S/C10H17NO2/c1-10(2)5-6(10)9(13)11-7-3-4-8(7)12/h6-8,12H,3-5H2,1-2H3,(H,11,13)/t6-,7-,8-/m1/s1. The average molecular weight is 183 g/mol. The fraction of sp³-hybridized carbons (Fsp3) is 0.900. The summed E-state index contributed by atoms with van der Waals surface area (Å²) in [4.78, 5) is 11.5. The smallest absolute Gasteiger partial charge is 0.223 e. The van der Waals surface area contributed by atoms with Gasteiger partial charge in [0.15, 0.2) is 0 Å². The first kappa shape index (κ1) is 9.00. The lowest BCUT2D eigenvalue weighted by atomic mass is 9.89. The molecule has 13 heavy (non-hydrogen) atoms. The monoisotopic (exact) mass is 183 g/mol. The van der Waals surface area contributed by atoms with Crippen LogP contribution >= 0.6 is 0 Å². The number of hydrogen-bond acceptors (Lipinski definition) is 2. The summed E-state index contributed by atoms with van der Waals surface area (Å²) in [5.41, 5.74) is 0.193. The highest BCUT2D eigenvalue weighted by Gasteiger charge is 2.51. The number of aliphatic hydroxyl groups is 1. The van der Waals surface area contributed by atoms with Gasteiger partial charge in [-0.1, -0.05) is 13.8 Å². The largest absolute Gasteiger partial charge is 0.391 e. The number of amides is 1. The van der Waals surface area contributed by atoms with Crippen molar-refractivity contribution in [2.24, 2.45) is 11.3 Å². The molecule has 2 fully saturated rings. The number of hydrogen-bond donors (Lipinski definition) is 2. The Balaban J connectivity index is 1.80. The van der Waals surface area contributed by atoms with Crippen LogP contribution in [-0.4, -0.2) is 23.2 Å². The van der Waals surface area contributed by atoms with Crippen molar-refractivity contribution in [3.05, 3.63) is 0 Å². The molecule has 0 aromatic rings. The summed E-state index contributed by atoms with van der Waals surface area (Å²) in [5, 5.41) is 12.2. The molecule has 0 spiro atoms. The molecule has 0 radical (unpaired) electrons. The number of carbonyl (C=O) groups excluding carboxylic acids is 1. The first-order valence-electron chi connectivity index (χ1n) is 4.99. The third-order valence-electron chi connectivity index (χ3n) is 3.40. The molecule has 0 bridgehead atoms. The van der Waals surface area contributed by atoms with Gasteiger partial charge in [-0.05, 0) is 24.7 Å². The van der Waals surface area contributed by atoms with Gasteiger partial charge in [0.1, 0.15) is 0 Å². The molecule has 2 aliphatic rings. The number of carbonyl (C=O) groups is 1. The van der Waals surface area contributed by atoms with Crippen LogP contribution < -0.4 is 5.32 Å². The fourth-order valence-corrected chi connectivity index (χ4v) is 1.85. The summed E-state index contributed by atoms with van der Waals surface area (Å²) in [6.07, 6.45) is 2.45. The molecule has 2 saturated carbocycles. The zero-order valence-electron chi connectivity index (χ0n) is 8.21. The van der Waals surface area contributed by atoms with E-state index in [9.17, 15) is 9.90 Å². The maximum Gasteiger partial charge on any atom is 0.223 e. The van der Waals surface area contributed by atoms with Crippen LogP contribution in [0.4, 0.5) is 0 Å². The Morgan fingerprint density at radius 1 is 1.46 bits per heavy atom. The minimum Gasteiger partial charge on any atom is -0.391 e. The summed E-state index contributed by atoms with van der Waals surface area (Å²) in [7, 11) is 0. The Morgan fingerprint density at radius 3 is 2.38 bits per heavy atom. The molecular weight excluding hydrogens is 166 g/mol. The molecule has 2 N–H and O–H groups in total. The molecular formula is C10H17NO2. The molecule has 74 valence electrons. The zero-order chi connectivity index (χ0) is 9.64. The van der Waals surface area contributed by atoms with Crippen molar-refractivity contribution in [2.45, 2.75) is 45.3 Å². The van der Waals surface area contributed by atoms with Gasteiger partial charge in [-0.25, -0.2) is 0 Å². The van der Waals surface area contributed by atoms with E-state index in [1.54, 1.807) is 0 Å². The molecule has 0 aliphatic heterocycles. The van der Waals surface area contributed by atoms with E-state index in [0.29, 0.717) is 0 Å². The predicted molar refractivity (Wildman–Crippen MR) is 49.1 cm³/mol. The molecule has 0 aromatic heterocycles. The third kappa shape index (κ3) is 1.57. The molecule has 3 atom stereocenters. The first-order valence-corrected chi connectivity index (χ1v) is 4.99. The quantitative estimate of drug-likeness (QED) is 0.661. The van der Waals surface area contributed by atoms with E-state index in [2.05, 4.69) is 19.2 Å². The molecule has 0 unspecified atom stereocenters. The van der Waals surface area contributed by atoms with Crippen LogP contribution in [0.2, 0.25) is 0 Å². The maximum atomic E-state index is 11.5. The van der Waals surface area contributed by atoms with Gasteiger partial charge in [0.25, 0.3) is 0 Å². The molecule has 0 saturated heterocycles. The molecule has 0 heterocycles. The topological polar surface area (TPSA) is 49.3 Å². The highest BCUT2D eigenvalue weighted by Crippen LogP contribution is 2.51. The molecule has 2 aliphatic carbocycles. The second-order valence-corrected chi connectivity index (χ2v) is 5.01. The van der Waals surface area contributed by atoms with E-state index in [-0.39, 0.29) is 29.4 Å².